The largest absolute Gasteiger partial charge is 0.471 e. The van der Waals surface area contributed by atoms with Crippen molar-refractivity contribution in [2.24, 2.45) is 7.05 Å². The van der Waals surface area contributed by atoms with Gasteiger partial charge in [-0.1, -0.05) is 17.3 Å². The van der Waals surface area contributed by atoms with Gasteiger partial charge in [0.15, 0.2) is 0 Å². The Labute approximate surface area is 185 Å². The van der Waals surface area contributed by atoms with Gasteiger partial charge >= 0.3 is 12.1 Å². The zero-order valence-electron chi connectivity index (χ0n) is 17.4. The van der Waals surface area contributed by atoms with Crippen molar-refractivity contribution in [3.63, 3.8) is 0 Å². The Bertz CT molecular complexity index is 1140. The van der Waals surface area contributed by atoms with Crippen LogP contribution in [0.2, 0.25) is 0 Å². The first kappa shape index (κ1) is 22.5. The molecular weight excluding hydrogens is 445 g/mol. The van der Waals surface area contributed by atoms with Gasteiger partial charge in [-0.05, 0) is 18.2 Å². The summed E-state index contributed by atoms with van der Waals surface area (Å²) in [6, 6.07) is 6.94. The van der Waals surface area contributed by atoms with Crippen LogP contribution in [0.3, 0.4) is 0 Å². The number of ether oxygens (including phenoxy) is 1. The molecule has 2 aromatic heterocycles. The van der Waals surface area contributed by atoms with Crippen LogP contribution >= 0.6 is 0 Å². The molecule has 0 aliphatic carbocycles. The standard InChI is InChI=1S/C20H19F3N6O4/c1-28-7-6-15(26-28)18(31)29-8-9-32-11-14(29)10-24-17(30)13-4-2-12(3-5-13)16-25-19(33-27-16)20(21,22)23/h2-7,14H,8-11H2,1H3,(H,24,30). The van der Waals surface area contributed by atoms with E-state index in [1.165, 1.54) is 28.9 Å². The Morgan fingerprint density at radius 1 is 1.21 bits per heavy atom. The van der Waals surface area contributed by atoms with Crippen LogP contribution in [-0.4, -0.2) is 69.0 Å². The van der Waals surface area contributed by atoms with E-state index < -0.39 is 18.0 Å². The Balaban J connectivity index is 1.38. The van der Waals surface area contributed by atoms with E-state index in [1.807, 2.05) is 0 Å². The molecule has 0 saturated carbocycles. The second kappa shape index (κ2) is 9.02. The molecule has 33 heavy (non-hydrogen) atoms. The summed E-state index contributed by atoms with van der Waals surface area (Å²) < 4.78 is 49.0. The van der Waals surface area contributed by atoms with Gasteiger partial charge in [-0.15, -0.1) is 0 Å². The number of aromatic nitrogens is 4. The first-order valence-electron chi connectivity index (χ1n) is 9.90. The number of carbonyl (C=O) groups is 2. The smallest absolute Gasteiger partial charge is 0.377 e. The van der Waals surface area contributed by atoms with Crippen LogP contribution in [0.25, 0.3) is 11.4 Å². The summed E-state index contributed by atoms with van der Waals surface area (Å²) in [6.45, 7) is 1.17. The Kier molecular flexibility index (Phi) is 6.14. The molecule has 2 amide bonds. The van der Waals surface area contributed by atoms with Crippen LogP contribution in [0.1, 0.15) is 26.7 Å². The second-order valence-electron chi connectivity index (χ2n) is 7.31. The van der Waals surface area contributed by atoms with E-state index in [1.54, 1.807) is 24.2 Å². The number of nitrogens with zero attached hydrogens (tertiary/aromatic N) is 5. The third-order valence-corrected chi connectivity index (χ3v) is 4.99. The van der Waals surface area contributed by atoms with E-state index in [0.29, 0.717) is 18.8 Å². The maximum Gasteiger partial charge on any atom is 0.471 e. The zero-order valence-corrected chi connectivity index (χ0v) is 17.4. The quantitative estimate of drug-likeness (QED) is 0.612. The first-order chi connectivity index (χ1) is 15.7. The Morgan fingerprint density at radius 3 is 2.61 bits per heavy atom. The van der Waals surface area contributed by atoms with E-state index in [0.717, 1.165) is 0 Å². The molecule has 1 saturated heterocycles. The van der Waals surface area contributed by atoms with Gasteiger partial charge in [0.1, 0.15) is 5.69 Å². The number of morpholine rings is 1. The van der Waals surface area contributed by atoms with E-state index in [9.17, 15) is 22.8 Å². The van der Waals surface area contributed by atoms with E-state index in [-0.39, 0.29) is 42.1 Å². The molecule has 1 aromatic carbocycles. The average Bonchev–Trinajstić information content (AvgIpc) is 3.47. The minimum absolute atomic E-state index is 0.152. The maximum absolute atomic E-state index is 12.8. The van der Waals surface area contributed by atoms with Crippen molar-refractivity contribution in [2.75, 3.05) is 26.3 Å². The normalized spacial score (nSPS) is 16.6. The zero-order chi connectivity index (χ0) is 23.6. The maximum atomic E-state index is 12.8. The van der Waals surface area contributed by atoms with Crippen LogP contribution in [0.15, 0.2) is 41.1 Å². The van der Waals surface area contributed by atoms with Crippen LogP contribution in [0.4, 0.5) is 13.2 Å². The Hall–Kier alpha value is -3.74. The number of nitrogens with one attached hydrogen (secondary N) is 1. The lowest BCUT2D eigenvalue weighted by molar-refractivity contribution is -0.159. The van der Waals surface area contributed by atoms with Crippen molar-refractivity contribution < 1.29 is 32.0 Å². The molecule has 13 heteroatoms. The molecule has 1 atom stereocenters. The number of carbonyl (C=O) groups excluding carboxylic acids is 2. The van der Waals surface area contributed by atoms with Crippen molar-refractivity contribution in [3.05, 3.63) is 53.7 Å². The van der Waals surface area contributed by atoms with Gasteiger partial charge in [0.2, 0.25) is 5.82 Å². The lowest BCUT2D eigenvalue weighted by atomic mass is 10.1. The summed E-state index contributed by atoms with van der Waals surface area (Å²) >= 11 is 0. The number of amides is 2. The average molecular weight is 464 g/mol. The molecule has 10 nitrogen and oxygen atoms in total. The third kappa shape index (κ3) is 5.03. The minimum atomic E-state index is -4.74. The van der Waals surface area contributed by atoms with Crippen LogP contribution in [0.5, 0.6) is 0 Å². The first-order valence-corrected chi connectivity index (χ1v) is 9.90. The molecule has 1 N–H and O–H groups in total. The summed E-state index contributed by atoms with van der Waals surface area (Å²) in [5.74, 6) is -2.35. The van der Waals surface area contributed by atoms with Crippen LogP contribution < -0.4 is 5.32 Å². The van der Waals surface area contributed by atoms with E-state index >= 15 is 0 Å². The van der Waals surface area contributed by atoms with E-state index in [4.69, 9.17) is 4.74 Å². The van der Waals surface area contributed by atoms with Gasteiger partial charge in [0.05, 0.1) is 19.3 Å². The highest BCUT2D eigenvalue weighted by Crippen LogP contribution is 2.29. The van der Waals surface area contributed by atoms with E-state index in [2.05, 4.69) is 25.1 Å². The topological polar surface area (TPSA) is 115 Å². The highest BCUT2D eigenvalue weighted by Gasteiger charge is 2.38. The van der Waals surface area contributed by atoms with Crippen LogP contribution in [0, 0.1) is 0 Å². The predicted molar refractivity (Wildman–Crippen MR) is 106 cm³/mol. The second-order valence-corrected chi connectivity index (χ2v) is 7.31. The molecule has 174 valence electrons. The number of benzene rings is 1. The van der Waals surface area contributed by atoms with Gasteiger partial charge in [0.25, 0.3) is 11.8 Å². The van der Waals surface area contributed by atoms with Crippen molar-refractivity contribution in [1.82, 2.24) is 30.1 Å². The Morgan fingerprint density at radius 2 is 1.97 bits per heavy atom. The number of rotatable bonds is 5. The van der Waals surface area contributed by atoms with Crippen LogP contribution in [-0.2, 0) is 18.0 Å². The summed E-state index contributed by atoms with van der Waals surface area (Å²) in [5, 5.41) is 10.2. The minimum Gasteiger partial charge on any atom is -0.377 e. The van der Waals surface area contributed by atoms with Gasteiger partial charge in [-0.2, -0.15) is 23.3 Å². The molecule has 4 rings (SSSR count). The predicted octanol–water partition coefficient (Wildman–Crippen LogP) is 1.76. The lowest BCUT2D eigenvalue weighted by Gasteiger charge is -2.35. The van der Waals surface area contributed by atoms with Crippen molar-refractivity contribution >= 4 is 11.8 Å². The number of aryl methyl sites for hydroxylation is 1. The SMILES string of the molecule is Cn1ccc(C(=O)N2CCOCC2CNC(=O)c2ccc(-c3noc(C(F)(F)F)n3)cc2)n1. The molecule has 3 heterocycles. The lowest BCUT2D eigenvalue weighted by Crippen LogP contribution is -2.53. The molecule has 1 aliphatic heterocycles. The monoisotopic (exact) mass is 464 g/mol. The third-order valence-electron chi connectivity index (χ3n) is 4.99. The number of alkyl halides is 3. The molecule has 0 spiro atoms. The number of hydrogen-bond acceptors (Lipinski definition) is 7. The fourth-order valence-corrected chi connectivity index (χ4v) is 3.31. The molecule has 3 aromatic rings. The van der Waals surface area contributed by atoms with Gasteiger partial charge in [-0.25, -0.2) is 0 Å². The highest BCUT2D eigenvalue weighted by atomic mass is 19.4. The van der Waals surface area contributed by atoms with Gasteiger partial charge in [0, 0.05) is 37.5 Å². The molecule has 0 radical (unpaired) electrons. The van der Waals surface area contributed by atoms with Crippen molar-refractivity contribution in [1.29, 1.82) is 0 Å². The van der Waals surface area contributed by atoms with Crippen molar-refractivity contribution in [2.45, 2.75) is 12.2 Å². The summed E-state index contributed by atoms with van der Waals surface area (Å²) in [6.07, 6.45) is -3.06. The molecule has 1 aliphatic rings. The molecule has 1 unspecified atom stereocenters. The summed E-state index contributed by atoms with van der Waals surface area (Å²) in [4.78, 5) is 30.2. The van der Waals surface area contributed by atoms with Crippen molar-refractivity contribution in [3.8, 4) is 11.4 Å². The highest BCUT2D eigenvalue weighted by molar-refractivity contribution is 5.95. The molecular formula is C20H19F3N6O4. The van der Waals surface area contributed by atoms with Gasteiger partial charge in [-0.3, -0.25) is 14.3 Å². The molecule has 1 fully saturated rings. The van der Waals surface area contributed by atoms with Gasteiger partial charge < -0.3 is 19.5 Å². The fourth-order valence-electron chi connectivity index (χ4n) is 3.31. The molecule has 0 bridgehead atoms. The fraction of sp³-hybridized carbons (Fsp3) is 0.350. The summed E-state index contributed by atoms with van der Waals surface area (Å²) in [5.41, 5.74) is 0.845. The summed E-state index contributed by atoms with van der Waals surface area (Å²) in [7, 11) is 1.72. The number of halogens is 3. The number of hydrogen-bond donors (Lipinski definition) is 1.